The summed E-state index contributed by atoms with van der Waals surface area (Å²) in [5, 5.41) is 12.0. The van der Waals surface area contributed by atoms with Crippen molar-refractivity contribution in [3.63, 3.8) is 0 Å². The van der Waals surface area contributed by atoms with Gasteiger partial charge in [0.1, 0.15) is 0 Å². The largest absolute Gasteiger partial charge is 0.271 e. The second kappa shape index (κ2) is 7.24. The van der Waals surface area contributed by atoms with Gasteiger partial charge in [-0.1, -0.05) is 60.3 Å². The standard InChI is InChI=1S/C15H13N3S/c16-12-17-15(18-14-9-5-2-6-10-14)19-11-13-7-3-1-4-8-13/h1-10H,11H2,(H,17,18). The summed E-state index contributed by atoms with van der Waals surface area (Å²) in [6.45, 7) is 0. The second-order valence-corrected chi connectivity index (χ2v) is 4.73. The minimum atomic E-state index is 0.609. The lowest BCUT2D eigenvalue weighted by Crippen LogP contribution is -2.13. The Labute approximate surface area is 117 Å². The van der Waals surface area contributed by atoms with E-state index in [0.29, 0.717) is 5.17 Å². The van der Waals surface area contributed by atoms with Crippen molar-refractivity contribution in [2.75, 3.05) is 0 Å². The Morgan fingerprint density at radius 1 is 1.05 bits per heavy atom. The average molecular weight is 267 g/mol. The quantitative estimate of drug-likeness (QED) is 0.399. The van der Waals surface area contributed by atoms with Gasteiger partial charge in [0.2, 0.25) is 0 Å². The summed E-state index contributed by atoms with van der Waals surface area (Å²) in [4.78, 5) is 4.41. The average Bonchev–Trinajstić information content (AvgIpc) is 2.47. The SMILES string of the molecule is N#CNC(=Nc1ccccc1)SCc1ccccc1. The van der Waals surface area contributed by atoms with Gasteiger partial charge < -0.3 is 0 Å². The molecule has 0 aliphatic heterocycles. The molecule has 0 radical (unpaired) electrons. The molecule has 0 fully saturated rings. The van der Waals surface area contributed by atoms with E-state index in [2.05, 4.69) is 22.4 Å². The maximum absolute atomic E-state index is 8.76. The van der Waals surface area contributed by atoms with Gasteiger partial charge in [0.15, 0.2) is 11.4 Å². The molecule has 0 aliphatic carbocycles. The fourth-order valence-corrected chi connectivity index (χ4v) is 2.27. The predicted octanol–water partition coefficient (Wildman–Crippen LogP) is 3.68. The molecular formula is C15H13N3S. The van der Waals surface area contributed by atoms with Crippen LogP contribution in [0.25, 0.3) is 0 Å². The van der Waals surface area contributed by atoms with Crippen molar-refractivity contribution >= 4 is 22.6 Å². The fourth-order valence-electron chi connectivity index (χ4n) is 1.49. The number of hydrogen-bond acceptors (Lipinski definition) is 3. The topological polar surface area (TPSA) is 48.2 Å². The van der Waals surface area contributed by atoms with Gasteiger partial charge in [-0.05, 0) is 17.7 Å². The third-order valence-corrected chi connectivity index (χ3v) is 3.31. The predicted molar refractivity (Wildman–Crippen MR) is 80.0 cm³/mol. The Morgan fingerprint density at radius 2 is 1.68 bits per heavy atom. The molecule has 0 unspecified atom stereocenters. The number of nitrogens with zero attached hydrogens (tertiary/aromatic N) is 2. The van der Waals surface area contributed by atoms with Gasteiger partial charge in [-0.3, -0.25) is 5.32 Å². The Hall–Kier alpha value is -2.25. The maximum Gasteiger partial charge on any atom is 0.183 e. The van der Waals surface area contributed by atoms with E-state index < -0.39 is 0 Å². The number of thioether (sulfide) groups is 1. The Kier molecular flexibility index (Phi) is 5.03. The molecule has 0 atom stereocenters. The highest BCUT2D eigenvalue weighted by molar-refractivity contribution is 8.13. The number of hydrogen-bond donors (Lipinski definition) is 1. The van der Waals surface area contributed by atoms with Crippen molar-refractivity contribution < 1.29 is 0 Å². The normalized spacial score (nSPS) is 10.8. The highest BCUT2D eigenvalue weighted by Gasteiger charge is 2.01. The van der Waals surface area contributed by atoms with Crippen LogP contribution in [-0.4, -0.2) is 5.17 Å². The Bertz CT molecular complexity index is 573. The van der Waals surface area contributed by atoms with Crippen LogP contribution in [-0.2, 0) is 5.75 Å². The van der Waals surface area contributed by atoms with E-state index in [4.69, 9.17) is 5.26 Å². The van der Waals surface area contributed by atoms with Gasteiger partial charge in [-0.15, -0.1) is 0 Å². The molecule has 2 aromatic rings. The van der Waals surface area contributed by atoms with E-state index in [9.17, 15) is 0 Å². The first-order valence-electron chi connectivity index (χ1n) is 5.84. The van der Waals surface area contributed by atoms with Gasteiger partial charge in [0, 0.05) is 5.75 Å². The molecule has 0 spiro atoms. The highest BCUT2D eigenvalue weighted by atomic mass is 32.2. The molecule has 0 heterocycles. The third kappa shape index (κ3) is 4.49. The van der Waals surface area contributed by atoms with Crippen LogP contribution in [0.5, 0.6) is 0 Å². The molecule has 0 amide bonds. The summed E-state index contributed by atoms with van der Waals surface area (Å²) in [7, 11) is 0. The number of aliphatic imine (C=N–C) groups is 1. The minimum Gasteiger partial charge on any atom is -0.271 e. The van der Waals surface area contributed by atoms with E-state index in [1.54, 1.807) is 0 Å². The van der Waals surface area contributed by atoms with Crippen molar-refractivity contribution in [2.24, 2.45) is 4.99 Å². The van der Waals surface area contributed by atoms with Crippen LogP contribution < -0.4 is 5.32 Å². The summed E-state index contributed by atoms with van der Waals surface area (Å²) < 4.78 is 0. The van der Waals surface area contributed by atoms with Gasteiger partial charge in [0.25, 0.3) is 0 Å². The summed E-state index contributed by atoms with van der Waals surface area (Å²) in [6.07, 6.45) is 1.92. The van der Waals surface area contributed by atoms with Crippen LogP contribution in [0.15, 0.2) is 65.7 Å². The van der Waals surface area contributed by atoms with Crippen LogP contribution in [0, 0.1) is 11.5 Å². The van der Waals surface area contributed by atoms with Gasteiger partial charge >= 0.3 is 0 Å². The molecular weight excluding hydrogens is 254 g/mol. The van der Waals surface area contributed by atoms with Crippen LogP contribution in [0.1, 0.15) is 5.56 Å². The summed E-state index contributed by atoms with van der Waals surface area (Å²) in [6, 6.07) is 19.7. The van der Waals surface area contributed by atoms with Crippen molar-refractivity contribution in [2.45, 2.75) is 5.75 Å². The van der Waals surface area contributed by atoms with E-state index in [1.165, 1.54) is 17.3 Å². The van der Waals surface area contributed by atoms with E-state index in [0.717, 1.165) is 11.4 Å². The number of nitrogens with one attached hydrogen (secondary N) is 1. The zero-order valence-corrected chi connectivity index (χ0v) is 11.1. The smallest absolute Gasteiger partial charge is 0.183 e. The summed E-state index contributed by atoms with van der Waals surface area (Å²) in [5.41, 5.74) is 2.04. The van der Waals surface area contributed by atoms with Crippen LogP contribution >= 0.6 is 11.8 Å². The van der Waals surface area contributed by atoms with Gasteiger partial charge in [0.05, 0.1) is 5.69 Å². The molecule has 0 saturated heterocycles. The first-order valence-corrected chi connectivity index (χ1v) is 6.82. The second-order valence-electron chi connectivity index (χ2n) is 3.76. The molecule has 0 bridgehead atoms. The molecule has 94 valence electrons. The number of para-hydroxylation sites is 1. The minimum absolute atomic E-state index is 0.609. The van der Waals surface area contributed by atoms with E-state index in [-0.39, 0.29) is 0 Å². The lowest BCUT2D eigenvalue weighted by molar-refractivity contribution is 1.27. The van der Waals surface area contributed by atoms with Crippen molar-refractivity contribution in [3.05, 3.63) is 66.2 Å². The third-order valence-electron chi connectivity index (χ3n) is 2.37. The number of rotatable bonds is 3. The zero-order valence-electron chi connectivity index (χ0n) is 10.3. The maximum atomic E-state index is 8.76. The highest BCUT2D eigenvalue weighted by Crippen LogP contribution is 2.17. The molecule has 2 rings (SSSR count). The molecule has 3 nitrogen and oxygen atoms in total. The summed E-state index contributed by atoms with van der Waals surface area (Å²) in [5.74, 6) is 0.779. The van der Waals surface area contributed by atoms with E-state index in [1.807, 2.05) is 54.7 Å². The lowest BCUT2D eigenvalue weighted by Gasteiger charge is -2.04. The van der Waals surface area contributed by atoms with Crippen LogP contribution in [0.4, 0.5) is 5.69 Å². The fraction of sp³-hybridized carbons (Fsp3) is 0.0667. The summed E-state index contributed by atoms with van der Waals surface area (Å²) >= 11 is 1.51. The molecule has 0 aliphatic rings. The monoisotopic (exact) mass is 267 g/mol. The van der Waals surface area contributed by atoms with Crippen molar-refractivity contribution in [3.8, 4) is 6.19 Å². The zero-order chi connectivity index (χ0) is 13.3. The number of amidine groups is 1. The number of benzene rings is 2. The van der Waals surface area contributed by atoms with Crippen molar-refractivity contribution in [1.29, 1.82) is 5.26 Å². The Balaban J connectivity index is 2.05. The van der Waals surface area contributed by atoms with Crippen LogP contribution in [0.3, 0.4) is 0 Å². The van der Waals surface area contributed by atoms with Crippen molar-refractivity contribution in [1.82, 2.24) is 5.32 Å². The van der Waals surface area contributed by atoms with E-state index >= 15 is 0 Å². The number of nitriles is 1. The van der Waals surface area contributed by atoms with Crippen LogP contribution in [0.2, 0.25) is 0 Å². The van der Waals surface area contributed by atoms with Gasteiger partial charge in [-0.25, -0.2) is 4.99 Å². The first-order chi connectivity index (χ1) is 9.38. The first kappa shape index (κ1) is 13.2. The molecule has 19 heavy (non-hydrogen) atoms. The lowest BCUT2D eigenvalue weighted by atomic mass is 10.2. The molecule has 2 aromatic carbocycles. The molecule has 4 heteroatoms. The Morgan fingerprint density at radius 3 is 2.32 bits per heavy atom. The molecule has 1 N–H and O–H groups in total. The molecule has 0 saturated carbocycles. The molecule has 0 aromatic heterocycles. The van der Waals surface area contributed by atoms with Gasteiger partial charge in [-0.2, -0.15) is 5.26 Å².